The van der Waals surface area contributed by atoms with E-state index in [4.69, 9.17) is 16.3 Å². The number of ether oxygens (including phenoxy) is 2. The Kier molecular flexibility index (Phi) is 6.08. The number of carbonyl (C=O) groups is 3. The van der Waals surface area contributed by atoms with Crippen LogP contribution >= 0.6 is 11.6 Å². The molecule has 1 N–H and O–H groups in total. The van der Waals surface area contributed by atoms with E-state index in [-0.39, 0.29) is 21.8 Å². The molecule has 2 aromatic rings. The third-order valence-corrected chi connectivity index (χ3v) is 3.32. The highest BCUT2D eigenvalue weighted by molar-refractivity contribution is 6.30. The van der Waals surface area contributed by atoms with Crippen molar-refractivity contribution in [1.82, 2.24) is 0 Å². The Hall–Kier alpha value is -2.93. The van der Waals surface area contributed by atoms with E-state index in [0.717, 1.165) is 6.07 Å². The number of carbonyl (C=O) groups excluding carboxylic acids is 3. The smallest absolute Gasteiger partial charge is 0.339 e. The van der Waals surface area contributed by atoms with Crippen molar-refractivity contribution < 1.29 is 28.2 Å². The third kappa shape index (κ3) is 4.77. The lowest BCUT2D eigenvalue weighted by Gasteiger charge is -2.09. The summed E-state index contributed by atoms with van der Waals surface area (Å²) in [5, 5.41) is 2.48. The molecular formula is C17H13ClFNO5. The van der Waals surface area contributed by atoms with Gasteiger partial charge in [-0.15, -0.1) is 0 Å². The average molecular weight is 366 g/mol. The summed E-state index contributed by atoms with van der Waals surface area (Å²) in [7, 11) is 1.18. The molecule has 0 saturated heterocycles. The molecule has 8 heteroatoms. The van der Waals surface area contributed by atoms with Crippen molar-refractivity contribution in [2.45, 2.75) is 0 Å². The second-order valence-electron chi connectivity index (χ2n) is 4.79. The lowest BCUT2D eigenvalue weighted by Crippen LogP contribution is -2.22. The molecule has 6 nitrogen and oxygen atoms in total. The van der Waals surface area contributed by atoms with Gasteiger partial charge in [-0.25, -0.2) is 14.0 Å². The summed E-state index contributed by atoms with van der Waals surface area (Å²) >= 11 is 5.72. The van der Waals surface area contributed by atoms with Crippen LogP contribution in [0.25, 0.3) is 0 Å². The SMILES string of the molecule is COC(=O)c1ccccc1C(=O)OCC(=O)Nc1cc(Cl)ccc1F. The summed E-state index contributed by atoms with van der Waals surface area (Å²) in [5.74, 6) is -3.04. The first kappa shape index (κ1) is 18.4. The van der Waals surface area contributed by atoms with Crippen LogP contribution in [0.5, 0.6) is 0 Å². The summed E-state index contributed by atoms with van der Waals surface area (Å²) in [6, 6.07) is 9.49. The van der Waals surface area contributed by atoms with Gasteiger partial charge in [-0.1, -0.05) is 23.7 Å². The molecule has 1 amide bonds. The van der Waals surface area contributed by atoms with Gasteiger partial charge in [-0.3, -0.25) is 4.79 Å². The molecule has 0 saturated carbocycles. The van der Waals surface area contributed by atoms with E-state index in [9.17, 15) is 18.8 Å². The minimum atomic E-state index is -0.886. The molecule has 0 atom stereocenters. The molecule has 2 aromatic carbocycles. The Labute approximate surface area is 147 Å². The van der Waals surface area contributed by atoms with E-state index >= 15 is 0 Å². The number of hydrogen-bond acceptors (Lipinski definition) is 5. The fraction of sp³-hybridized carbons (Fsp3) is 0.118. The van der Waals surface area contributed by atoms with Crippen molar-refractivity contribution in [3.05, 3.63) is 64.4 Å². The average Bonchev–Trinajstić information content (AvgIpc) is 2.62. The largest absolute Gasteiger partial charge is 0.465 e. The van der Waals surface area contributed by atoms with Crippen molar-refractivity contribution in [3.63, 3.8) is 0 Å². The van der Waals surface area contributed by atoms with Crippen LogP contribution in [0.1, 0.15) is 20.7 Å². The number of halogens is 2. The number of esters is 2. The van der Waals surface area contributed by atoms with E-state index in [1.165, 1.54) is 37.4 Å². The van der Waals surface area contributed by atoms with Gasteiger partial charge in [0.25, 0.3) is 5.91 Å². The van der Waals surface area contributed by atoms with Gasteiger partial charge < -0.3 is 14.8 Å². The Morgan fingerprint density at radius 3 is 2.36 bits per heavy atom. The predicted molar refractivity (Wildman–Crippen MR) is 88.1 cm³/mol. The highest BCUT2D eigenvalue weighted by atomic mass is 35.5. The standard InChI is InChI=1S/C17H13ClFNO5/c1-24-16(22)11-4-2-3-5-12(11)17(23)25-9-15(21)20-14-8-10(18)6-7-13(14)19/h2-8H,9H2,1H3,(H,20,21). The van der Waals surface area contributed by atoms with Gasteiger partial charge in [0.05, 0.1) is 23.9 Å². The molecule has 0 fully saturated rings. The zero-order valence-electron chi connectivity index (χ0n) is 13.0. The quantitative estimate of drug-likeness (QED) is 0.823. The van der Waals surface area contributed by atoms with Gasteiger partial charge in [0.15, 0.2) is 6.61 Å². The number of nitrogens with one attached hydrogen (secondary N) is 1. The predicted octanol–water partition coefficient (Wildman–Crippen LogP) is 3.06. The molecule has 0 aliphatic rings. The molecule has 0 heterocycles. The van der Waals surface area contributed by atoms with Crippen molar-refractivity contribution in [1.29, 1.82) is 0 Å². The number of anilines is 1. The fourth-order valence-corrected chi connectivity index (χ4v) is 2.11. The van der Waals surface area contributed by atoms with Crippen molar-refractivity contribution in [3.8, 4) is 0 Å². The fourth-order valence-electron chi connectivity index (χ4n) is 1.94. The third-order valence-electron chi connectivity index (χ3n) is 3.09. The Morgan fingerprint density at radius 1 is 1.08 bits per heavy atom. The molecule has 25 heavy (non-hydrogen) atoms. The van der Waals surface area contributed by atoms with Crippen LogP contribution < -0.4 is 5.32 Å². The second-order valence-corrected chi connectivity index (χ2v) is 5.22. The Balaban J connectivity index is 2.02. The minimum Gasteiger partial charge on any atom is -0.465 e. The maximum absolute atomic E-state index is 13.5. The first-order valence-corrected chi connectivity index (χ1v) is 7.39. The first-order valence-electron chi connectivity index (χ1n) is 7.01. The highest BCUT2D eigenvalue weighted by Crippen LogP contribution is 2.19. The normalized spacial score (nSPS) is 10.0. The minimum absolute atomic E-state index is 0.0105. The summed E-state index contributed by atoms with van der Waals surface area (Å²) in [4.78, 5) is 35.5. The lowest BCUT2D eigenvalue weighted by atomic mass is 10.1. The van der Waals surface area contributed by atoms with E-state index in [1.54, 1.807) is 6.07 Å². The monoisotopic (exact) mass is 365 g/mol. The maximum atomic E-state index is 13.5. The van der Waals surface area contributed by atoms with Gasteiger partial charge in [0.2, 0.25) is 0 Å². The lowest BCUT2D eigenvalue weighted by molar-refractivity contribution is -0.119. The van der Waals surface area contributed by atoms with Crippen LogP contribution in [-0.2, 0) is 14.3 Å². The number of rotatable bonds is 5. The first-order chi connectivity index (χ1) is 11.9. The van der Waals surface area contributed by atoms with Gasteiger partial charge in [-0.05, 0) is 30.3 Å². The molecule has 0 radical (unpaired) electrons. The summed E-state index contributed by atoms with van der Waals surface area (Å²) in [6.45, 7) is -0.666. The van der Waals surface area contributed by atoms with Crippen molar-refractivity contribution >= 4 is 35.1 Å². The van der Waals surface area contributed by atoms with Gasteiger partial charge in [0, 0.05) is 5.02 Å². The summed E-state index contributed by atoms with van der Waals surface area (Å²) in [5.41, 5.74) is -0.170. The zero-order chi connectivity index (χ0) is 18.4. The number of amides is 1. The molecule has 0 aliphatic heterocycles. The van der Waals surface area contributed by atoms with Crippen LogP contribution in [0.15, 0.2) is 42.5 Å². The van der Waals surface area contributed by atoms with Crippen LogP contribution in [0.2, 0.25) is 5.02 Å². The maximum Gasteiger partial charge on any atom is 0.339 e. The number of methoxy groups -OCH3 is 1. The van der Waals surface area contributed by atoms with Crippen LogP contribution in [-0.4, -0.2) is 31.6 Å². The molecule has 0 unspecified atom stereocenters. The zero-order valence-corrected chi connectivity index (χ0v) is 13.8. The molecule has 0 spiro atoms. The molecule has 0 aromatic heterocycles. The van der Waals surface area contributed by atoms with Crippen LogP contribution in [0.3, 0.4) is 0 Å². The van der Waals surface area contributed by atoms with Gasteiger partial charge >= 0.3 is 11.9 Å². The van der Waals surface area contributed by atoms with Crippen LogP contribution in [0.4, 0.5) is 10.1 Å². The van der Waals surface area contributed by atoms with Crippen molar-refractivity contribution in [2.24, 2.45) is 0 Å². The summed E-state index contributed by atoms with van der Waals surface area (Å²) < 4.78 is 23.0. The topological polar surface area (TPSA) is 81.7 Å². The molecular weight excluding hydrogens is 353 g/mol. The molecule has 0 bridgehead atoms. The van der Waals surface area contributed by atoms with E-state index in [2.05, 4.69) is 10.1 Å². The Bertz CT molecular complexity index is 824. The highest BCUT2D eigenvalue weighted by Gasteiger charge is 2.19. The summed E-state index contributed by atoms with van der Waals surface area (Å²) in [6.07, 6.45) is 0. The number of benzene rings is 2. The molecule has 0 aliphatic carbocycles. The van der Waals surface area contributed by atoms with E-state index in [0.29, 0.717) is 0 Å². The van der Waals surface area contributed by atoms with E-state index in [1.807, 2.05) is 0 Å². The number of hydrogen-bond donors (Lipinski definition) is 1. The molecule has 130 valence electrons. The Morgan fingerprint density at radius 2 is 1.72 bits per heavy atom. The van der Waals surface area contributed by atoms with E-state index < -0.39 is 30.3 Å². The van der Waals surface area contributed by atoms with Gasteiger partial charge in [-0.2, -0.15) is 0 Å². The second kappa shape index (κ2) is 8.25. The van der Waals surface area contributed by atoms with Gasteiger partial charge in [0.1, 0.15) is 5.82 Å². The van der Waals surface area contributed by atoms with Crippen molar-refractivity contribution in [2.75, 3.05) is 19.0 Å². The van der Waals surface area contributed by atoms with Crippen LogP contribution in [0, 0.1) is 5.82 Å². The molecule has 2 rings (SSSR count).